The molecule has 0 unspecified atom stereocenters. The van der Waals surface area contributed by atoms with Crippen molar-refractivity contribution in [2.45, 2.75) is 6.42 Å². The molecule has 0 aliphatic carbocycles. The lowest BCUT2D eigenvalue weighted by Gasteiger charge is -2.06. The van der Waals surface area contributed by atoms with Crippen LogP contribution in [0.4, 0.5) is 10.8 Å². The van der Waals surface area contributed by atoms with Gasteiger partial charge in [-0.1, -0.05) is 59.9 Å². The van der Waals surface area contributed by atoms with Gasteiger partial charge in [0.25, 0.3) is 11.8 Å². The number of benzene rings is 3. The first-order chi connectivity index (χ1) is 14.7. The second-order valence-corrected chi connectivity index (χ2v) is 7.58. The van der Waals surface area contributed by atoms with E-state index >= 15 is 0 Å². The molecular weight excluding hydrogens is 396 g/mol. The molecule has 30 heavy (non-hydrogen) atoms. The van der Waals surface area contributed by atoms with Gasteiger partial charge in [0, 0.05) is 23.2 Å². The zero-order valence-electron chi connectivity index (χ0n) is 15.9. The van der Waals surface area contributed by atoms with Crippen LogP contribution in [0, 0.1) is 0 Å². The summed E-state index contributed by atoms with van der Waals surface area (Å²) in [5.74, 6) is -0.481. The number of rotatable bonds is 6. The Balaban J connectivity index is 1.35. The summed E-state index contributed by atoms with van der Waals surface area (Å²) in [7, 11) is 0. The molecular formula is C23H18N4O2S. The highest BCUT2D eigenvalue weighted by Crippen LogP contribution is 2.20. The van der Waals surface area contributed by atoms with Crippen molar-refractivity contribution in [3.63, 3.8) is 0 Å². The van der Waals surface area contributed by atoms with Crippen molar-refractivity contribution in [2.75, 3.05) is 10.6 Å². The number of aromatic nitrogens is 2. The summed E-state index contributed by atoms with van der Waals surface area (Å²) in [6, 6.07) is 25.6. The lowest BCUT2D eigenvalue weighted by atomic mass is 10.1. The van der Waals surface area contributed by atoms with Gasteiger partial charge in [-0.25, -0.2) is 0 Å². The van der Waals surface area contributed by atoms with Crippen LogP contribution in [0.2, 0.25) is 0 Å². The Hall–Kier alpha value is -3.84. The molecule has 0 fully saturated rings. The molecule has 4 aromatic rings. The summed E-state index contributed by atoms with van der Waals surface area (Å²) in [6.45, 7) is 0. The number of amides is 2. The molecule has 0 aliphatic rings. The monoisotopic (exact) mass is 414 g/mol. The van der Waals surface area contributed by atoms with E-state index in [1.54, 1.807) is 48.5 Å². The quantitative estimate of drug-likeness (QED) is 0.482. The smallest absolute Gasteiger partial charge is 0.257 e. The second kappa shape index (κ2) is 9.11. The molecule has 0 aliphatic heterocycles. The Bertz CT molecular complexity index is 1140. The summed E-state index contributed by atoms with van der Waals surface area (Å²) in [6.07, 6.45) is 0.671. The first-order valence-electron chi connectivity index (χ1n) is 9.31. The van der Waals surface area contributed by atoms with Gasteiger partial charge < -0.3 is 5.32 Å². The van der Waals surface area contributed by atoms with E-state index in [9.17, 15) is 9.59 Å². The van der Waals surface area contributed by atoms with E-state index < -0.39 is 0 Å². The maximum absolute atomic E-state index is 12.5. The first kappa shape index (κ1) is 19.5. The Morgan fingerprint density at radius 2 is 1.30 bits per heavy atom. The first-order valence-corrected chi connectivity index (χ1v) is 10.1. The number of hydrogen-bond acceptors (Lipinski definition) is 5. The van der Waals surface area contributed by atoms with Crippen LogP contribution in [0.25, 0.3) is 0 Å². The van der Waals surface area contributed by atoms with Crippen LogP contribution in [-0.4, -0.2) is 22.0 Å². The van der Waals surface area contributed by atoms with Crippen molar-refractivity contribution in [2.24, 2.45) is 0 Å². The largest absolute Gasteiger partial charge is 0.322 e. The van der Waals surface area contributed by atoms with Crippen LogP contribution in [0.15, 0.2) is 84.9 Å². The Kier molecular flexibility index (Phi) is 5.91. The zero-order valence-corrected chi connectivity index (χ0v) is 16.7. The Labute approximate surface area is 177 Å². The second-order valence-electron chi connectivity index (χ2n) is 6.51. The van der Waals surface area contributed by atoms with Crippen LogP contribution in [0.3, 0.4) is 0 Å². The number of anilines is 2. The third-order valence-corrected chi connectivity index (χ3v) is 5.17. The summed E-state index contributed by atoms with van der Waals surface area (Å²) < 4.78 is 0. The predicted molar refractivity (Wildman–Crippen MR) is 118 cm³/mol. The lowest BCUT2D eigenvalue weighted by molar-refractivity contribution is 0.102. The fourth-order valence-corrected chi connectivity index (χ4v) is 3.58. The topological polar surface area (TPSA) is 84.0 Å². The van der Waals surface area contributed by atoms with E-state index in [-0.39, 0.29) is 11.8 Å². The number of carbonyl (C=O) groups is 2. The molecule has 0 atom stereocenters. The SMILES string of the molecule is O=C(Nc1ccc(C(=O)Nc2nnc(Cc3ccccc3)s2)cc1)c1ccccc1. The van der Waals surface area contributed by atoms with Crippen molar-refractivity contribution in [1.29, 1.82) is 0 Å². The highest BCUT2D eigenvalue weighted by atomic mass is 32.1. The molecule has 4 rings (SSSR count). The molecule has 0 spiro atoms. The summed E-state index contributed by atoms with van der Waals surface area (Å²) in [5.41, 5.74) is 2.79. The predicted octanol–water partition coefficient (Wildman–Crippen LogP) is 4.63. The minimum Gasteiger partial charge on any atom is -0.322 e. The highest BCUT2D eigenvalue weighted by molar-refractivity contribution is 7.15. The average Bonchev–Trinajstić information content (AvgIpc) is 3.22. The van der Waals surface area contributed by atoms with Crippen molar-refractivity contribution in [3.05, 3.63) is 107 Å². The van der Waals surface area contributed by atoms with E-state index in [2.05, 4.69) is 20.8 Å². The van der Waals surface area contributed by atoms with Gasteiger partial charge in [0.15, 0.2) is 0 Å². The van der Waals surface area contributed by atoms with Gasteiger partial charge in [-0.15, -0.1) is 10.2 Å². The maximum Gasteiger partial charge on any atom is 0.257 e. The van der Waals surface area contributed by atoms with E-state index in [0.29, 0.717) is 28.4 Å². The van der Waals surface area contributed by atoms with Gasteiger partial charge in [-0.2, -0.15) is 0 Å². The van der Waals surface area contributed by atoms with Gasteiger partial charge in [0.05, 0.1) is 0 Å². The van der Waals surface area contributed by atoms with E-state index in [1.165, 1.54) is 11.3 Å². The number of carbonyl (C=O) groups excluding carboxylic acids is 2. The summed E-state index contributed by atoms with van der Waals surface area (Å²) in [5, 5.41) is 15.0. The van der Waals surface area contributed by atoms with Crippen molar-refractivity contribution in [1.82, 2.24) is 10.2 Å². The minimum atomic E-state index is -0.279. The molecule has 0 saturated heterocycles. The van der Waals surface area contributed by atoms with Gasteiger partial charge in [-0.3, -0.25) is 14.9 Å². The van der Waals surface area contributed by atoms with Crippen LogP contribution < -0.4 is 10.6 Å². The fourth-order valence-electron chi connectivity index (χ4n) is 2.81. The number of hydrogen-bond donors (Lipinski definition) is 2. The standard InChI is InChI=1S/C23H18N4O2S/c28-21(17-9-5-2-6-10-17)24-19-13-11-18(12-14-19)22(29)25-23-27-26-20(30-23)15-16-7-3-1-4-8-16/h1-14H,15H2,(H,24,28)(H,25,27,29). The van der Waals surface area contributed by atoms with Crippen LogP contribution >= 0.6 is 11.3 Å². The average molecular weight is 414 g/mol. The molecule has 1 aromatic heterocycles. The molecule has 0 bridgehead atoms. The zero-order chi connectivity index (χ0) is 20.8. The molecule has 3 aromatic carbocycles. The van der Waals surface area contributed by atoms with E-state index in [0.717, 1.165) is 10.6 Å². The third kappa shape index (κ3) is 4.95. The van der Waals surface area contributed by atoms with Crippen molar-refractivity contribution in [3.8, 4) is 0 Å². The molecule has 0 radical (unpaired) electrons. The summed E-state index contributed by atoms with van der Waals surface area (Å²) in [4.78, 5) is 24.7. The van der Waals surface area contributed by atoms with Gasteiger partial charge >= 0.3 is 0 Å². The van der Waals surface area contributed by atoms with Crippen LogP contribution in [0.1, 0.15) is 31.3 Å². The van der Waals surface area contributed by atoms with Crippen molar-refractivity contribution >= 4 is 34.0 Å². The molecule has 1 heterocycles. The maximum atomic E-state index is 12.5. The molecule has 7 heteroatoms. The molecule has 6 nitrogen and oxygen atoms in total. The fraction of sp³-hybridized carbons (Fsp3) is 0.0435. The van der Waals surface area contributed by atoms with E-state index in [4.69, 9.17) is 0 Å². The number of nitrogens with zero attached hydrogens (tertiary/aromatic N) is 2. The Morgan fingerprint density at radius 3 is 2.00 bits per heavy atom. The van der Waals surface area contributed by atoms with Gasteiger partial charge in [0.2, 0.25) is 5.13 Å². The van der Waals surface area contributed by atoms with E-state index in [1.807, 2.05) is 36.4 Å². The molecule has 0 saturated carbocycles. The molecule has 2 amide bonds. The normalized spacial score (nSPS) is 10.4. The van der Waals surface area contributed by atoms with Crippen LogP contribution in [0.5, 0.6) is 0 Å². The molecule has 2 N–H and O–H groups in total. The van der Waals surface area contributed by atoms with Gasteiger partial charge in [-0.05, 0) is 42.0 Å². The van der Waals surface area contributed by atoms with Crippen molar-refractivity contribution < 1.29 is 9.59 Å². The van der Waals surface area contributed by atoms with Gasteiger partial charge in [0.1, 0.15) is 5.01 Å². The molecule has 148 valence electrons. The highest BCUT2D eigenvalue weighted by Gasteiger charge is 2.11. The number of nitrogens with one attached hydrogen (secondary N) is 2. The lowest BCUT2D eigenvalue weighted by Crippen LogP contribution is -2.13. The summed E-state index contributed by atoms with van der Waals surface area (Å²) >= 11 is 1.35. The Morgan fingerprint density at radius 1 is 0.700 bits per heavy atom. The van der Waals surface area contributed by atoms with Crippen LogP contribution in [-0.2, 0) is 6.42 Å². The minimum absolute atomic E-state index is 0.201. The third-order valence-electron chi connectivity index (χ3n) is 4.33.